The summed E-state index contributed by atoms with van der Waals surface area (Å²) in [7, 11) is 3.58. The van der Waals surface area contributed by atoms with E-state index in [0.29, 0.717) is 12.4 Å². The molecule has 3 aromatic rings. The van der Waals surface area contributed by atoms with Gasteiger partial charge in [0.1, 0.15) is 23.8 Å². The molecule has 1 heterocycles. The van der Waals surface area contributed by atoms with Crippen LogP contribution in [0.3, 0.4) is 0 Å². The van der Waals surface area contributed by atoms with Gasteiger partial charge in [0, 0.05) is 17.5 Å². The van der Waals surface area contributed by atoms with Gasteiger partial charge in [-0.3, -0.25) is 0 Å². The van der Waals surface area contributed by atoms with E-state index in [4.69, 9.17) is 0 Å². The van der Waals surface area contributed by atoms with E-state index in [9.17, 15) is 8.78 Å². The van der Waals surface area contributed by atoms with Gasteiger partial charge in [-0.05, 0) is 38.4 Å². The van der Waals surface area contributed by atoms with Crippen molar-refractivity contribution in [2.45, 2.75) is 6.04 Å². The third-order valence-corrected chi connectivity index (χ3v) is 3.96. The Bertz CT molecular complexity index is 826. The zero-order valence-corrected chi connectivity index (χ0v) is 13.5. The average Bonchev–Trinajstić information content (AvgIpc) is 2.57. The van der Waals surface area contributed by atoms with Gasteiger partial charge in [-0.25, -0.2) is 18.7 Å². The summed E-state index contributed by atoms with van der Waals surface area (Å²) in [6.07, 6.45) is 1.47. The molecule has 6 heteroatoms. The normalized spacial score (nSPS) is 12.5. The van der Waals surface area contributed by atoms with Crippen molar-refractivity contribution in [3.63, 3.8) is 0 Å². The van der Waals surface area contributed by atoms with Crippen LogP contribution in [-0.2, 0) is 0 Å². The molecule has 0 amide bonds. The number of para-hydroxylation sites is 1. The lowest BCUT2D eigenvalue weighted by atomic mass is 10.0. The Hall–Kier alpha value is -2.60. The summed E-state index contributed by atoms with van der Waals surface area (Å²) in [5, 5.41) is 4.06. The van der Waals surface area contributed by atoms with Crippen LogP contribution in [-0.4, -0.2) is 35.5 Å². The average molecular weight is 328 g/mol. The molecule has 0 aliphatic carbocycles. The summed E-state index contributed by atoms with van der Waals surface area (Å²) in [6.45, 7) is 0.311. The molecular formula is C18H18F2N4. The Balaban J connectivity index is 1.90. The van der Waals surface area contributed by atoms with E-state index in [-0.39, 0.29) is 5.56 Å². The summed E-state index contributed by atoms with van der Waals surface area (Å²) in [4.78, 5) is 10.2. The molecule has 24 heavy (non-hydrogen) atoms. The molecule has 0 bridgehead atoms. The van der Waals surface area contributed by atoms with Crippen molar-refractivity contribution in [3.05, 3.63) is 66.0 Å². The van der Waals surface area contributed by atoms with Crippen LogP contribution >= 0.6 is 0 Å². The number of fused-ring (bicyclic) bond motifs is 1. The third-order valence-electron chi connectivity index (χ3n) is 3.96. The molecule has 0 aliphatic rings. The van der Waals surface area contributed by atoms with Gasteiger partial charge in [0.05, 0.1) is 11.6 Å². The van der Waals surface area contributed by atoms with E-state index < -0.39 is 17.7 Å². The summed E-state index contributed by atoms with van der Waals surface area (Å²) < 4.78 is 28.2. The minimum absolute atomic E-state index is 0.0494. The molecule has 0 radical (unpaired) electrons. The largest absolute Gasteiger partial charge is 0.368 e. The number of nitrogens with zero attached hydrogens (tertiary/aromatic N) is 3. The number of hydrogen-bond donors (Lipinski definition) is 1. The number of halogens is 2. The number of anilines is 1. The molecule has 3 rings (SSSR count). The highest BCUT2D eigenvalue weighted by Gasteiger charge is 2.22. The predicted octanol–water partition coefficient (Wildman–Crippen LogP) is 3.62. The zero-order valence-electron chi connectivity index (χ0n) is 13.5. The first-order chi connectivity index (χ1) is 11.6. The molecule has 1 unspecified atom stereocenters. The Labute approximate surface area is 139 Å². The Morgan fingerprint density at radius 3 is 2.42 bits per heavy atom. The Morgan fingerprint density at radius 2 is 1.71 bits per heavy atom. The first-order valence-electron chi connectivity index (χ1n) is 7.62. The van der Waals surface area contributed by atoms with Gasteiger partial charge in [-0.1, -0.05) is 18.2 Å². The smallest absolute Gasteiger partial charge is 0.137 e. The minimum atomic E-state index is -0.553. The lowest BCUT2D eigenvalue weighted by Crippen LogP contribution is -2.29. The molecule has 124 valence electrons. The molecule has 4 nitrogen and oxygen atoms in total. The van der Waals surface area contributed by atoms with Crippen LogP contribution in [0.15, 0.2) is 48.8 Å². The van der Waals surface area contributed by atoms with Crippen molar-refractivity contribution in [1.82, 2.24) is 14.9 Å². The van der Waals surface area contributed by atoms with Gasteiger partial charge in [-0.2, -0.15) is 0 Å². The van der Waals surface area contributed by atoms with Crippen molar-refractivity contribution >= 4 is 16.7 Å². The van der Waals surface area contributed by atoms with Crippen molar-refractivity contribution in [1.29, 1.82) is 0 Å². The maximum absolute atomic E-state index is 14.1. The van der Waals surface area contributed by atoms with Crippen molar-refractivity contribution in [3.8, 4) is 0 Å². The quantitative estimate of drug-likeness (QED) is 0.777. The van der Waals surface area contributed by atoms with Crippen LogP contribution in [0.2, 0.25) is 0 Å². The van der Waals surface area contributed by atoms with Crippen molar-refractivity contribution in [2.24, 2.45) is 0 Å². The molecule has 1 aromatic heterocycles. The maximum atomic E-state index is 14.1. The van der Waals surface area contributed by atoms with Crippen LogP contribution in [0.1, 0.15) is 11.6 Å². The second-order valence-corrected chi connectivity index (χ2v) is 5.74. The van der Waals surface area contributed by atoms with Gasteiger partial charge in [-0.15, -0.1) is 0 Å². The van der Waals surface area contributed by atoms with Crippen LogP contribution in [0.4, 0.5) is 14.6 Å². The van der Waals surface area contributed by atoms with Gasteiger partial charge in [0.15, 0.2) is 0 Å². The fourth-order valence-electron chi connectivity index (χ4n) is 2.71. The van der Waals surface area contributed by atoms with Crippen LogP contribution in [0.5, 0.6) is 0 Å². The highest BCUT2D eigenvalue weighted by Crippen LogP contribution is 2.26. The number of likely N-dealkylation sites (N-methyl/N-ethyl adjacent to an activating group) is 1. The number of rotatable bonds is 5. The number of hydrogen-bond acceptors (Lipinski definition) is 4. The van der Waals surface area contributed by atoms with E-state index in [1.54, 1.807) is 19.0 Å². The first-order valence-corrected chi connectivity index (χ1v) is 7.62. The molecule has 1 N–H and O–H groups in total. The van der Waals surface area contributed by atoms with Crippen LogP contribution < -0.4 is 5.32 Å². The van der Waals surface area contributed by atoms with E-state index in [2.05, 4.69) is 15.3 Å². The Morgan fingerprint density at radius 1 is 1.00 bits per heavy atom. The molecule has 0 saturated carbocycles. The summed E-state index contributed by atoms with van der Waals surface area (Å²) in [6, 6.07) is 11.0. The monoisotopic (exact) mass is 328 g/mol. The van der Waals surface area contributed by atoms with E-state index in [1.165, 1.54) is 24.5 Å². The zero-order chi connectivity index (χ0) is 17.1. The fourth-order valence-corrected chi connectivity index (χ4v) is 2.71. The van der Waals surface area contributed by atoms with Gasteiger partial charge in [0.2, 0.25) is 0 Å². The maximum Gasteiger partial charge on any atom is 0.137 e. The second kappa shape index (κ2) is 6.88. The standard InChI is InChI=1S/C18H18F2N4/c1-24(2)16(17-13(19)7-5-8-14(17)20)10-21-18-12-6-3-4-9-15(12)22-11-23-18/h3-9,11,16H,10H2,1-2H3,(H,21,22,23). The lowest BCUT2D eigenvalue weighted by Gasteiger charge is -2.26. The molecule has 0 aliphatic heterocycles. The van der Waals surface area contributed by atoms with Crippen LogP contribution in [0.25, 0.3) is 10.9 Å². The highest BCUT2D eigenvalue weighted by molar-refractivity contribution is 5.88. The molecule has 0 saturated heterocycles. The van der Waals surface area contributed by atoms with Crippen LogP contribution in [0, 0.1) is 11.6 Å². The third kappa shape index (κ3) is 3.19. The van der Waals surface area contributed by atoms with E-state index >= 15 is 0 Å². The lowest BCUT2D eigenvalue weighted by molar-refractivity contribution is 0.295. The minimum Gasteiger partial charge on any atom is -0.368 e. The van der Waals surface area contributed by atoms with Gasteiger partial charge >= 0.3 is 0 Å². The SMILES string of the molecule is CN(C)C(CNc1ncnc2ccccc12)c1c(F)cccc1F. The summed E-state index contributed by atoms with van der Waals surface area (Å²) in [5.41, 5.74) is 0.863. The summed E-state index contributed by atoms with van der Waals surface area (Å²) in [5.74, 6) is -0.463. The van der Waals surface area contributed by atoms with Crippen molar-refractivity contribution < 1.29 is 8.78 Å². The first kappa shape index (κ1) is 16.3. The van der Waals surface area contributed by atoms with Gasteiger partial charge in [0.25, 0.3) is 0 Å². The fraction of sp³-hybridized carbons (Fsp3) is 0.222. The topological polar surface area (TPSA) is 41.0 Å². The number of nitrogens with one attached hydrogen (secondary N) is 1. The molecule has 2 aromatic carbocycles. The predicted molar refractivity (Wildman–Crippen MR) is 90.8 cm³/mol. The Kier molecular flexibility index (Phi) is 4.66. The highest BCUT2D eigenvalue weighted by atomic mass is 19.1. The molecule has 0 spiro atoms. The molecule has 1 atom stereocenters. The second-order valence-electron chi connectivity index (χ2n) is 5.74. The number of benzene rings is 2. The van der Waals surface area contributed by atoms with E-state index in [1.807, 2.05) is 24.3 Å². The van der Waals surface area contributed by atoms with E-state index in [0.717, 1.165) is 10.9 Å². The number of aromatic nitrogens is 2. The van der Waals surface area contributed by atoms with Gasteiger partial charge < -0.3 is 10.2 Å². The molecular weight excluding hydrogens is 310 g/mol. The molecule has 0 fully saturated rings. The van der Waals surface area contributed by atoms with Crippen molar-refractivity contribution in [2.75, 3.05) is 26.0 Å². The summed E-state index contributed by atoms with van der Waals surface area (Å²) >= 11 is 0.